The predicted octanol–water partition coefficient (Wildman–Crippen LogP) is 3.98. The van der Waals surface area contributed by atoms with Crippen molar-refractivity contribution in [2.45, 2.75) is 59.5 Å². The molecule has 2 N–H and O–H groups in total. The van der Waals surface area contributed by atoms with Gasteiger partial charge in [-0.2, -0.15) is 0 Å². The summed E-state index contributed by atoms with van der Waals surface area (Å²) < 4.78 is 1.62. The third-order valence-electron chi connectivity index (χ3n) is 5.66. The van der Waals surface area contributed by atoms with Gasteiger partial charge in [-0.25, -0.2) is 4.98 Å². The van der Waals surface area contributed by atoms with Gasteiger partial charge in [-0.15, -0.1) is 0 Å². The molecule has 148 valence electrons. The maximum Gasteiger partial charge on any atom is 0.258 e. The second kappa shape index (κ2) is 8.70. The van der Waals surface area contributed by atoms with Crippen LogP contribution in [-0.4, -0.2) is 9.38 Å². The van der Waals surface area contributed by atoms with Crippen LogP contribution in [0.1, 0.15) is 68.5 Å². The van der Waals surface area contributed by atoms with Crippen molar-refractivity contribution in [2.75, 3.05) is 0 Å². The van der Waals surface area contributed by atoms with Gasteiger partial charge in [0.1, 0.15) is 23.9 Å². The summed E-state index contributed by atoms with van der Waals surface area (Å²) in [7, 11) is 0. The fraction of sp³-hybridized carbons (Fsp3) is 0.417. The lowest BCUT2D eigenvalue weighted by Crippen LogP contribution is -2.84. The zero-order chi connectivity index (χ0) is 20.3. The highest BCUT2D eigenvalue weighted by Crippen LogP contribution is 2.23. The van der Waals surface area contributed by atoms with E-state index in [9.17, 15) is 4.79 Å². The Kier molecular flexibility index (Phi) is 6.30. The number of aryl methyl sites for hydroxylation is 1. The van der Waals surface area contributed by atoms with Crippen molar-refractivity contribution in [3.05, 3.63) is 81.4 Å². The molecule has 0 saturated carbocycles. The van der Waals surface area contributed by atoms with E-state index in [-0.39, 0.29) is 5.56 Å². The van der Waals surface area contributed by atoms with E-state index in [2.05, 4.69) is 62.3 Å². The molecule has 0 unspecified atom stereocenters. The fourth-order valence-corrected chi connectivity index (χ4v) is 3.69. The van der Waals surface area contributed by atoms with Crippen LogP contribution in [0.3, 0.4) is 0 Å². The first-order valence-electron chi connectivity index (χ1n) is 10.3. The molecule has 2 atom stereocenters. The number of rotatable bonds is 7. The number of hydrogen-bond donors (Lipinski definition) is 1. The molecule has 0 saturated heterocycles. The molecule has 28 heavy (non-hydrogen) atoms. The number of pyridine rings is 1. The van der Waals surface area contributed by atoms with E-state index >= 15 is 0 Å². The number of benzene rings is 1. The van der Waals surface area contributed by atoms with Crippen LogP contribution in [0.4, 0.5) is 0 Å². The average Bonchev–Trinajstić information content (AvgIpc) is 2.68. The molecule has 0 aliphatic rings. The van der Waals surface area contributed by atoms with Crippen molar-refractivity contribution in [3.63, 3.8) is 0 Å². The van der Waals surface area contributed by atoms with Crippen molar-refractivity contribution in [1.29, 1.82) is 0 Å². The van der Waals surface area contributed by atoms with E-state index < -0.39 is 0 Å². The summed E-state index contributed by atoms with van der Waals surface area (Å²) in [5.41, 5.74) is 5.30. The van der Waals surface area contributed by atoms with E-state index in [0.29, 0.717) is 30.1 Å². The van der Waals surface area contributed by atoms with Gasteiger partial charge in [-0.3, -0.25) is 9.20 Å². The van der Waals surface area contributed by atoms with Gasteiger partial charge >= 0.3 is 0 Å². The number of fused-ring (bicyclic) bond motifs is 1. The molecular weight excluding hydrogens is 346 g/mol. The summed E-state index contributed by atoms with van der Waals surface area (Å²) in [6.07, 6.45) is 3.00. The van der Waals surface area contributed by atoms with Crippen LogP contribution in [-0.2, 0) is 6.54 Å². The second-order valence-electron chi connectivity index (χ2n) is 8.21. The lowest BCUT2D eigenvalue weighted by molar-refractivity contribution is -0.717. The van der Waals surface area contributed by atoms with E-state index in [1.54, 1.807) is 10.5 Å². The highest BCUT2D eigenvalue weighted by Gasteiger charge is 2.20. The van der Waals surface area contributed by atoms with E-state index in [4.69, 9.17) is 0 Å². The molecule has 4 heteroatoms. The number of nitrogens with zero attached hydrogens (tertiary/aromatic N) is 2. The monoisotopic (exact) mass is 378 g/mol. The Labute approximate surface area is 167 Å². The van der Waals surface area contributed by atoms with Crippen LogP contribution in [0.5, 0.6) is 0 Å². The van der Waals surface area contributed by atoms with Crippen molar-refractivity contribution < 1.29 is 5.32 Å². The summed E-state index contributed by atoms with van der Waals surface area (Å²) in [6.45, 7) is 11.7. The Bertz CT molecular complexity index is 989. The zero-order valence-electron chi connectivity index (χ0n) is 17.6. The van der Waals surface area contributed by atoms with Gasteiger partial charge in [-0.05, 0) is 36.5 Å². The molecule has 4 nitrogen and oxygen atoms in total. The molecule has 3 rings (SSSR count). The largest absolute Gasteiger partial charge is 0.335 e. The Hall–Kier alpha value is -2.46. The number of nitrogens with two attached hydrogens (primary N) is 1. The Morgan fingerprint density at radius 1 is 1.04 bits per heavy atom. The Morgan fingerprint density at radius 2 is 1.71 bits per heavy atom. The number of aromatic nitrogens is 2. The van der Waals surface area contributed by atoms with E-state index in [0.717, 1.165) is 17.7 Å². The topological polar surface area (TPSA) is 51.0 Å². The van der Waals surface area contributed by atoms with Crippen LogP contribution >= 0.6 is 0 Å². The van der Waals surface area contributed by atoms with Crippen molar-refractivity contribution in [3.8, 4) is 0 Å². The number of quaternary nitrogens is 1. The van der Waals surface area contributed by atoms with Gasteiger partial charge < -0.3 is 5.32 Å². The average molecular weight is 379 g/mol. The first-order chi connectivity index (χ1) is 13.4. The minimum atomic E-state index is -0.0175. The van der Waals surface area contributed by atoms with Gasteiger partial charge in [0.05, 0.1) is 0 Å². The molecule has 0 aliphatic heterocycles. The molecule has 0 aliphatic carbocycles. The summed E-state index contributed by atoms with van der Waals surface area (Å²) in [6, 6.07) is 14.9. The normalized spacial score (nSPS) is 13.8. The molecule has 0 spiro atoms. The van der Waals surface area contributed by atoms with Gasteiger partial charge in [0, 0.05) is 23.7 Å². The molecule has 0 radical (unpaired) electrons. The predicted molar refractivity (Wildman–Crippen MR) is 115 cm³/mol. The third-order valence-corrected chi connectivity index (χ3v) is 5.66. The highest BCUT2D eigenvalue weighted by molar-refractivity contribution is 5.39. The van der Waals surface area contributed by atoms with E-state index in [1.165, 1.54) is 11.1 Å². The smallest absolute Gasteiger partial charge is 0.258 e. The van der Waals surface area contributed by atoms with Crippen LogP contribution in [0.2, 0.25) is 0 Å². The fourth-order valence-electron chi connectivity index (χ4n) is 3.69. The second-order valence-corrected chi connectivity index (χ2v) is 8.21. The molecule has 3 aromatic rings. The molecule has 2 heterocycles. The molecular formula is C24H32N3O+. The molecule has 0 fully saturated rings. The Morgan fingerprint density at radius 3 is 2.36 bits per heavy atom. The van der Waals surface area contributed by atoms with Gasteiger partial charge in [0.15, 0.2) is 0 Å². The SMILES string of the molecule is CC[C@H](C)c1ccc([C@H]([NH2+]Cc2cc(=O)n3cc(C)ccc3n2)C(C)C)cc1. The summed E-state index contributed by atoms with van der Waals surface area (Å²) in [4.78, 5) is 17.1. The van der Waals surface area contributed by atoms with Gasteiger partial charge in [-0.1, -0.05) is 58.0 Å². The molecule has 2 aromatic heterocycles. The van der Waals surface area contributed by atoms with Crippen molar-refractivity contribution in [1.82, 2.24) is 9.38 Å². The van der Waals surface area contributed by atoms with Crippen molar-refractivity contribution >= 4 is 5.65 Å². The van der Waals surface area contributed by atoms with Crippen molar-refractivity contribution in [2.24, 2.45) is 5.92 Å². The summed E-state index contributed by atoms with van der Waals surface area (Å²) in [5.74, 6) is 1.08. The first-order valence-corrected chi connectivity index (χ1v) is 10.3. The quantitative estimate of drug-likeness (QED) is 0.676. The highest BCUT2D eigenvalue weighted by atomic mass is 16.1. The molecule has 0 amide bonds. The maximum absolute atomic E-state index is 12.4. The first kappa shape index (κ1) is 20.3. The molecule has 1 aromatic carbocycles. The minimum absolute atomic E-state index is 0.0175. The third kappa shape index (κ3) is 4.50. The van der Waals surface area contributed by atoms with Crippen LogP contribution < -0.4 is 10.9 Å². The number of hydrogen-bond acceptors (Lipinski definition) is 2. The van der Waals surface area contributed by atoms with Crippen LogP contribution in [0, 0.1) is 12.8 Å². The summed E-state index contributed by atoms with van der Waals surface area (Å²) >= 11 is 0. The lowest BCUT2D eigenvalue weighted by atomic mass is 9.92. The minimum Gasteiger partial charge on any atom is -0.335 e. The van der Waals surface area contributed by atoms with E-state index in [1.807, 2.05) is 25.3 Å². The standard InChI is InChI=1S/C24H31N3O/c1-6-18(5)19-8-10-20(11-9-19)24(16(2)3)25-14-21-13-23(28)27-15-17(4)7-12-22(27)26-21/h7-13,15-16,18,24-25H,6,14H2,1-5H3/p+1/t18-,24+/m0/s1. The van der Waals surface area contributed by atoms with Gasteiger partial charge in [0.2, 0.25) is 0 Å². The Balaban J connectivity index is 1.79. The lowest BCUT2D eigenvalue weighted by Gasteiger charge is -2.20. The van der Waals surface area contributed by atoms with Crippen LogP contribution in [0.25, 0.3) is 5.65 Å². The maximum atomic E-state index is 12.4. The van der Waals surface area contributed by atoms with Gasteiger partial charge in [0.25, 0.3) is 5.56 Å². The zero-order valence-corrected chi connectivity index (χ0v) is 17.6. The van der Waals surface area contributed by atoms with Crippen LogP contribution in [0.15, 0.2) is 53.5 Å². The summed E-state index contributed by atoms with van der Waals surface area (Å²) in [5, 5.41) is 2.30. The molecule has 0 bridgehead atoms.